The molecule has 0 unspecified atom stereocenters. The molecule has 0 saturated carbocycles. The molecule has 7 nitrogen and oxygen atoms in total. The number of rotatable bonds is 5. The second kappa shape index (κ2) is 7.83. The van der Waals surface area contributed by atoms with E-state index in [1.165, 1.54) is 23.0 Å². The van der Waals surface area contributed by atoms with Crippen LogP contribution in [-0.4, -0.2) is 33.2 Å². The van der Waals surface area contributed by atoms with Crippen LogP contribution in [-0.2, 0) is 9.53 Å². The molecule has 2 heterocycles. The number of pyridine rings is 2. The molecule has 0 bridgehead atoms. The van der Waals surface area contributed by atoms with Gasteiger partial charge >= 0.3 is 11.9 Å². The van der Waals surface area contributed by atoms with Crippen LogP contribution in [0.2, 0.25) is 0 Å². The zero-order chi connectivity index (χ0) is 20.3. The van der Waals surface area contributed by atoms with Gasteiger partial charge in [-0.15, -0.1) is 0 Å². The normalized spacial score (nSPS) is 11.4. The average Bonchev–Trinajstić information content (AvgIpc) is 2.68. The number of carboxylic acids is 1. The minimum absolute atomic E-state index is 0.0491. The number of ether oxygens (including phenoxy) is 1. The lowest BCUT2D eigenvalue weighted by Gasteiger charge is -2.11. The van der Waals surface area contributed by atoms with Gasteiger partial charge in [-0.1, -0.05) is 6.07 Å². The van der Waals surface area contributed by atoms with E-state index in [4.69, 9.17) is 4.74 Å². The minimum atomic E-state index is -1.46. The van der Waals surface area contributed by atoms with Crippen LogP contribution in [0.5, 0.6) is 0 Å². The van der Waals surface area contributed by atoms with Crippen LogP contribution in [0.3, 0.4) is 0 Å². The quantitative estimate of drug-likeness (QED) is 0.538. The SMILES string of the molecule is CCOC(=O)/C(=C\n1cc(C(=O)O)c(=O)c2cc(F)ccc21)c1ccccn1. The third-order valence-electron chi connectivity index (χ3n) is 3.93. The molecule has 0 atom stereocenters. The van der Waals surface area contributed by atoms with Gasteiger partial charge in [0.15, 0.2) is 0 Å². The first-order chi connectivity index (χ1) is 13.4. The Labute approximate surface area is 158 Å². The Bertz CT molecular complexity index is 1150. The van der Waals surface area contributed by atoms with E-state index in [9.17, 15) is 23.9 Å². The smallest absolute Gasteiger partial charge is 0.341 e. The summed E-state index contributed by atoms with van der Waals surface area (Å²) in [6, 6.07) is 8.36. The Morgan fingerprint density at radius 1 is 1.29 bits per heavy atom. The lowest BCUT2D eigenvalue weighted by molar-refractivity contribution is -0.136. The highest BCUT2D eigenvalue weighted by atomic mass is 19.1. The number of hydrogen-bond acceptors (Lipinski definition) is 5. The third kappa shape index (κ3) is 3.66. The number of esters is 1. The van der Waals surface area contributed by atoms with E-state index in [2.05, 4.69) is 4.98 Å². The molecule has 0 amide bonds. The van der Waals surface area contributed by atoms with Crippen LogP contribution in [0.15, 0.2) is 53.6 Å². The summed E-state index contributed by atoms with van der Waals surface area (Å²) in [7, 11) is 0. The molecular formula is C20H15FN2O5. The van der Waals surface area contributed by atoms with Gasteiger partial charge in [0.05, 0.1) is 17.8 Å². The summed E-state index contributed by atoms with van der Waals surface area (Å²) in [6.07, 6.45) is 3.88. The molecule has 0 radical (unpaired) electrons. The lowest BCUT2D eigenvalue weighted by atomic mass is 10.1. The van der Waals surface area contributed by atoms with Gasteiger partial charge in [0.1, 0.15) is 17.0 Å². The molecular weight excluding hydrogens is 367 g/mol. The number of aromatic nitrogens is 2. The van der Waals surface area contributed by atoms with Gasteiger partial charge in [-0.3, -0.25) is 9.78 Å². The predicted molar refractivity (Wildman–Crippen MR) is 100 cm³/mol. The van der Waals surface area contributed by atoms with Gasteiger partial charge < -0.3 is 14.4 Å². The Hall–Kier alpha value is -3.81. The number of carbonyl (C=O) groups is 2. The first-order valence-corrected chi connectivity index (χ1v) is 8.30. The molecule has 0 aliphatic heterocycles. The fourth-order valence-electron chi connectivity index (χ4n) is 2.68. The molecule has 3 rings (SSSR count). The molecule has 8 heteroatoms. The largest absolute Gasteiger partial charge is 0.477 e. The number of aromatic carboxylic acids is 1. The van der Waals surface area contributed by atoms with E-state index in [1.807, 2.05) is 0 Å². The maximum atomic E-state index is 13.6. The van der Waals surface area contributed by atoms with E-state index in [1.54, 1.807) is 25.1 Å². The molecule has 1 aromatic carbocycles. The molecule has 0 fully saturated rings. The molecule has 142 valence electrons. The summed E-state index contributed by atoms with van der Waals surface area (Å²) in [5.41, 5.74) is -0.797. The summed E-state index contributed by atoms with van der Waals surface area (Å²) in [5.74, 6) is -2.82. The van der Waals surface area contributed by atoms with Crippen molar-refractivity contribution in [3.05, 3.63) is 76.1 Å². The molecule has 2 aromatic heterocycles. The fourth-order valence-corrected chi connectivity index (χ4v) is 2.68. The van der Waals surface area contributed by atoms with Gasteiger partial charge in [0.25, 0.3) is 0 Å². The minimum Gasteiger partial charge on any atom is -0.477 e. The van der Waals surface area contributed by atoms with E-state index < -0.39 is 28.7 Å². The lowest BCUT2D eigenvalue weighted by Crippen LogP contribution is -2.18. The first kappa shape index (κ1) is 19.0. The third-order valence-corrected chi connectivity index (χ3v) is 3.93. The van der Waals surface area contributed by atoms with Gasteiger partial charge in [0.2, 0.25) is 5.43 Å². The highest BCUT2D eigenvalue weighted by Crippen LogP contribution is 2.20. The number of benzene rings is 1. The standard InChI is InChI=1S/C20H15FN2O5/c1-2-28-20(27)14(16-5-3-4-8-22-16)10-23-11-15(19(25)26)18(24)13-9-12(21)6-7-17(13)23/h3-11H,2H2,1H3,(H,25,26)/b14-10-. The van der Waals surface area contributed by atoms with Crippen molar-refractivity contribution in [1.29, 1.82) is 0 Å². The second-order valence-corrected chi connectivity index (χ2v) is 5.72. The summed E-state index contributed by atoms with van der Waals surface area (Å²) in [4.78, 5) is 40.4. The van der Waals surface area contributed by atoms with Gasteiger partial charge in [-0.05, 0) is 37.3 Å². The van der Waals surface area contributed by atoms with Gasteiger partial charge in [0, 0.05) is 24.0 Å². The Morgan fingerprint density at radius 3 is 2.71 bits per heavy atom. The molecule has 28 heavy (non-hydrogen) atoms. The topological polar surface area (TPSA) is 98.5 Å². The summed E-state index contributed by atoms with van der Waals surface area (Å²) in [6.45, 7) is 1.77. The summed E-state index contributed by atoms with van der Waals surface area (Å²) >= 11 is 0. The molecule has 0 aliphatic rings. The number of fused-ring (bicyclic) bond motifs is 1. The maximum Gasteiger partial charge on any atom is 0.341 e. The molecule has 3 aromatic rings. The number of carboxylic acid groups (broad SMARTS) is 1. The highest BCUT2D eigenvalue weighted by molar-refractivity contribution is 6.20. The van der Waals surface area contributed by atoms with Crippen LogP contribution in [0.4, 0.5) is 4.39 Å². The van der Waals surface area contributed by atoms with Crippen molar-refractivity contribution in [3.63, 3.8) is 0 Å². The van der Waals surface area contributed by atoms with Crippen molar-refractivity contribution in [2.75, 3.05) is 6.61 Å². The van der Waals surface area contributed by atoms with Gasteiger partial charge in [-0.25, -0.2) is 14.0 Å². The number of halogens is 1. The van der Waals surface area contributed by atoms with Crippen LogP contribution < -0.4 is 5.43 Å². The number of nitrogens with zero attached hydrogens (tertiary/aromatic N) is 2. The Morgan fingerprint density at radius 2 is 2.07 bits per heavy atom. The van der Waals surface area contributed by atoms with Crippen molar-refractivity contribution in [3.8, 4) is 0 Å². The Kier molecular flexibility index (Phi) is 5.30. The van der Waals surface area contributed by atoms with Crippen molar-refractivity contribution < 1.29 is 23.8 Å². The van der Waals surface area contributed by atoms with Crippen LogP contribution in [0.1, 0.15) is 23.0 Å². The van der Waals surface area contributed by atoms with Crippen LogP contribution in [0, 0.1) is 5.82 Å². The van der Waals surface area contributed by atoms with Crippen molar-refractivity contribution in [1.82, 2.24) is 9.55 Å². The van der Waals surface area contributed by atoms with E-state index in [0.29, 0.717) is 5.69 Å². The summed E-state index contributed by atoms with van der Waals surface area (Å²) < 4.78 is 20.0. The van der Waals surface area contributed by atoms with Crippen molar-refractivity contribution in [2.24, 2.45) is 0 Å². The maximum absolute atomic E-state index is 13.6. The molecule has 0 aliphatic carbocycles. The van der Waals surface area contributed by atoms with Crippen molar-refractivity contribution in [2.45, 2.75) is 6.92 Å². The number of carbonyl (C=O) groups excluding carboxylic acids is 1. The molecule has 1 N–H and O–H groups in total. The first-order valence-electron chi connectivity index (χ1n) is 8.30. The highest BCUT2D eigenvalue weighted by Gasteiger charge is 2.18. The zero-order valence-electron chi connectivity index (χ0n) is 14.8. The van der Waals surface area contributed by atoms with Crippen LogP contribution in [0.25, 0.3) is 22.7 Å². The Balaban J connectivity index is 2.33. The fraction of sp³-hybridized carbons (Fsp3) is 0.100. The second-order valence-electron chi connectivity index (χ2n) is 5.72. The summed E-state index contributed by atoms with van der Waals surface area (Å²) in [5, 5.41) is 9.21. The molecule has 0 spiro atoms. The van der Waals surface area contributed by atoms with E-state index >= 15 is 0 Å². The van der Waals surface area contributed by atoms with Crippen molar-refractivity contribution >= 4 is 34.6 Å². The number of hydrogen-bond donors (Lipinski definition) is 1. The van der Waals surface area contributed by atoms with E-state index in [0.717, 1.165) is 18.3 Å². The monoisotopic (exact) mass is 382 g/mol. The van der Waals surface area contributed by atoms with Gasteiger partial charge in [-0.2, -0.15) is 0 Å². The zero-order valence-corrected chi connectivity index (χ0v) is 14.8. The average molecular weight is 382 g/mol. The molecule has 0 saturated heterocycles. The van der Waals surface area contributed by atoms with E-state index in [-0.39, 0.29) is 23.1 Å². The van der Waals surface area contributed by atoms with Crippen LogP contribution >= 0.6 is 0 Å². The predicted octanol–water partition coefficient (Wildman–Crippen LogP) is 2.80.